The first-order chi connectivity index (χ1) is 7.68. The second-order valence-electron chi connectivity index (χ2n) is 4.67. The number of carbonyl (C=O) groups excluding carboxylic acids is 1. The van der Waals surface area contributed by atoms with E-state index in [1.165, 1.54) is 5.56 Å². The maximum absolute atomic E-state index is 11.4. The smallest absolute Gasteiger partial charge is 0.135 e. The Morgan fingerprint density at radius 3 is 2.62 bits per heavy atom. The summed E-state index contributed by atoms with van der Waals surface area (Å²) in [5.74, 6) is 0.406. The van der Waals surface area contributed by atoms with Crippen LogP contribution >= 0.6 is 0 Å². The molecule has 1 aliphatic rings. The van der Waals surface area contributed by atoms with E-state index in [4.69, 9.17) is 0 Å². The van der Waals surface area contributed by atoms with Gasteiger partial charge in [-0.05, 0) is 19.4 Å². The quantitative estimate of drug-likeness (QED) is 0.759. The highest BCUT2D eigenvalue weighted by Crippen LogP contribution is 2.26. The third kappa shape index (κ3) is 2.33. The largest absolute Gasteiger partial charge is 0.300 e. The SMILES string of the molecule is CC1CC(=O)CCN1C(C)c1ccccc1. The molecule has 1 aromatic rings. The van der Waals surface area contributed by atoms with Gasteiger partial charge in [-0.15, -0.1) is 0 Å². The van der Waals surface area contributed by atoms with Crippen LogP contribution < -0.4 is 0 Å². The standard InChI is InChI=1S/C14H19NO/c1-11-10-14(16)8-9-15(11)12(2)13-6-4-3-5-7-13/h3-7,11-12H,8-10H2,1-2H3. The lowest BCUT2D eigenvalue weighted by Crippen LogP contribution is -2.42. The van der Waals surface area contributed by atoms with Gasteiger partial charge in [0, 0.05) is 31.5 Å². The molecule has 16 heavy (non-hydrogen) atoms. The van der Waals surface area contributed by atoms with E-state index < -0.39 is 0 Å². The van der Waals surface area contributed by atoms with Gasteiger partial charge in [0.15, 0.2) is 0 Å². The molecule has 0 saturated carbocycles. The monoisotopic (exact) mass is 217 g/mol. The zero-order chi connectivity index (χ0) is 11.5. The first-order valence-electron chi connectivity index (χ1n) is 6.01. The summed E-state index contributed by atoms with van der Waals surface area (Å²) in [6, 6.07) is 11.3. The van der Waals surface area contributed by atoms with Crippen molar-refractivity contribution in [2.75, 3.05) is 6.54 Å². The van der Waals surface area contributed by atoms with Crippen molar-refractivity contribution in [3.63, 3.8) is 0 Å². The van der Waals surface area contributed by atoms with Gasteiger partial charge >= 0.3 is 0 Å². The van der Waals surface area contributed by atoms with Crippen molar-refractivity contribution in [1.82, 2.24) is 4.90 Å². The topological polar surface area (TPSA) is 20.3 Å². The molecular formula is C14H19NO. The minimum Gasteiger partial charge on any atom is -0.300 e. The van der Waals surface area contributed by atoms with E-state index in [0.29, 0.717) is 30.7 Å². The highest BCUT2D eigenvalue weighted by atomic mass is 16.1. The zero-order valence-corrected chi connectivity index (χ0v) is 10.0. The van der Waals surface area contributed by atoms with E-state index in [0.717, 1.165) is 6.54 Å². The molecule has 2 atom stereocenters. The fourth-order valence-electron chi connectivity index (χ4n) is 2.52. The first kappa shape index (κ1) is 11.3. The summed E-state index contributed by atoms with van der Waals surface area (Å²) >= 11 is 0. The van der Waals surface area contributed by atoms with E-state index in [9.17, 15) is 4.79 Å². The molecule has 0 N–H and O–H groups in total. The highest BCUT2D eigenvalue weighted by molar-refractivity contribution is 5.79. The highest BCUT2D eigenvalue weighted by Gasteiger charge is 2.27. The van der Waals surface area contributed by atoms with Crippen molar-refractivity contribution in [3.8, 4) is 0 Å². The number of hydrogen-bond donors (Lipinski definition) is 0. The van der Waals surface area contributed by atoms with E-state index in [1.807, 2.05) is 6.07 Å². The number of hydrogen-bond acceptors (Lipinski definition) is 2. The van der Waals surface area contributed by atoms with Gasteiger partial charge in [-0.3, -0.25) is 9.69 Å². The molecule has 1 fully saturated rings. The van der Waals surface area contributed by atoms with Crippen LogP contribution in [0.3, 0.4) is 0 Å². The van der Waals surface area contributed by atoms with Crippen LogP contribution in [-0.2, 0) is 4.79 Å². The lowest BCUT2D eigenvalue weighted by molar-refractivity contribution is -0.123. The van der Waals surface area contributed by atoms with Gasteiger partial charge in [0.2, 0.25) is 0 Å². The molecule has 0 aliphatic carbocycles. The fraction of sp³-hybridized carbons (Fsp3) is 0.500. The van der Waals surface area contributed by atoms with Crippen molar-refractivity contribution < 1.29 is 4.79 Å². The van der Waals surface area contributed by atoms with Crippen LogP contribution in [-0.4, -0.2) is 23.3 Å². The molecule has 1 aliphatic heterocycles. The van der Waals surface area contributed by atoms with Crippen molar-refractivity contribution in [2.45, 2.75) is 38.8 Å². The number of rotatable bonds is 2. The van der Waals surface area contributed by atoms with E-state index >= 15 is 0 Å². The van der Waals surface area contributed by atoms with Gasteiger partial charge in [-0.2, -0.15) is 0 Å². The summed E-state index contributed by atoms with van der Waals surface area (Å²) in [5.41, 5.74) is 1.34. The zero-order valence-electron chi connectivity index (χ0n) is 10.0. The number of Topliss-reactive ketones (excluding diaryl/α,β-unsaturated/α-hetero) is 1. The lowest BCUT2D eigenvalue weighted by Gasteiger charge is -2.37. The van der Waals surface area contributed by atoms with Crippen molar-refractivity contribution in [1.29, 1.82) is 0 Å². The Morgan fingerprint density at radius 1 is 1.31 bits per heavy atom. The molecule has 1 saturated heterocycles. The molecule has 0 spiro atoms. The molecule has 1 heterocycles. The summed E-state index contributed by atoms with van der Waals surface area (Å²) < 4.78 is 0. The Labute approximate surface area is 97.3 Å². The van der Waals surface area contributed by atoms with Gasteiger partial charge < -0.3 is 0 Å². The van der Waals surface area contributed by atoms with Crippen molar-refractivity contribution in [3.05, 3.63) is 35.9 Å². The summed E-state index contributed by atoms with van der Waals surface area (Å²) in [6.45, 7) is 5.27. The number of piperidine rings is 1. The van der Waals surface area contributed by atoms with Crippen molar-refractivity contribution >= 4 is 5.78 Å². The Morgan fingerprint density at radius 2 is 2.00 bits per heavy atom. The third-order valence-electron chi connectivity index (χ3n) is 3.52. The van der Waals surface area contributed by atoms with Gasteiger partial charge in [0.25, 0.3) is 0 Å². The first-order valence-corrected chi connectivity index (χ1v) is 6.01. The molecule has 2 heteroatoms. The number of carbonyl (C=O) groups is 1. The van der Waals surface area contributed by atoms with Gasteiger partial charge in [-0.25, -0.2) is 0 Å². The second kappa shape index (κ2) is 4.79. The predicted octanol–water partition coefficient (Wildman–Crippen LogP) is 2.80. The van der Waals surface area contributed by atoms with Gasteiger partial charge in [0.1, 0.15) is 5.78 Å². The van der Waals surface area contributed by atoms with Crippen LogP contribution in [0.2, 0.25) is 0 Å². The molecular weight excluding hydrogens is 198 g/mol. The Balaban J connectivity index is 2.10. The van der Waals surface area contributed by atoms with Gasteiger partial charge in [-0.1, -0.05) is 30.3 Å². The number of likely N-dealkylation sites (tertiary alicyclic amines) is 1. The van der Waals surface area contributed by atoms with E-state index in [1.54, 1.807) is 0 Å². The molecule has 2 rings (SSSR count). The number of benzene rings is 1. The minimum atomic E-state index is 0.372. The number of ketones is 1. The summed E-state index contributed by atoms with van der Waals surface area (Å²) in [4.78, 5) is 13.8. The average molecular weight is 217 g/mol. The molecule has 0 radical (unpaired) electrons. The molecule has 0 bridgehead atoms. The third-order valence-corrected chi connectivity index (χ3v) is 3.52. The predicted molar refractivity (Wildman–Crippen MR) is 65.3 cm³/mol. The molecule has 2 unspecified atom stereocenters. The maximum atomic E-state index is 11.4. The Hall–Kier alpha value is -1.15. The second-order valence-corrected chi connectivity index (χ2v) is 4.67. The van der Waals surface area contributed by atoms with Crippen LogP contribution in [0.25, 0.3) is 0 Å². The molecule has 86 valence electrons. The minimum absolute atomic E-state index is 0.372. The van der Waals surface area contributed by atoms with Gasteiger partial charge in [0.05, 0.1) is 0 Å². The van der Waals surface area contributed by atoms with Crippen LogP contribution in [0.1, 0.15) is 38.3 Å². The fourth-order valence-corrected chi connectivity index (χ4v) is 2.52. The Bertz CT molecular complexity index is 360. The van der Waals surface area contributed by atoms with Crippen molar-refractivity contribution in [2.24, 2.45) is 0 Å². The molecule has 0 amide bonds. The normalized spacial score (nSPS) is 24.4. The van der Waals surface area contributed by atoms with Crippen LogP contribution in [0.15, 0.2) is 30.3 Å². The molecule has 0 aromatic heterocycles. The maximum Gasteiger partial charge on any atom is 0.135 e. The lowest BCUT2D eigenvalue weighted by atomic mass is 9.97. The molecule has 1 aromatic carbocycles. The number of nitrogens with zero attached hydrogens (tertiary/aromatic N) is 1. The average Bonchev–Trinajstić information content (AvgIpc) is 2.29. The van der Waals surface area contributed by atoms with Crippen LogP contribution in [0.4, 0.5) is 0 Å². The summed E-state index contributed by atoms with van der Waals surface area (Å²) in [6.07, 6.45) is 1.42. The van der Waals surface area contributed by atoms with Crippen LogP contribution in [0, 0.1) is 0 Å². The van der Waals surface area contributed by atoms with E-state index in [2.05, 4.69) is 43.0 Å². The Kier molecular flexibility index (Phi) is 3.39. The van der Waals surface area contributed by atoms with E-state index in [-0.39, 0.29) is 0 Å². The van der Waals surface area contributed by atoms with Crippen LogP contribution in [0.5, 0.6) is 0 Å². The summed E-state index contributed by atoms with van der Waals surface area (Å²) in [5, 5.41) is 0. The molecule has 2 nitrogen and oxygen atoms in total. The summed E-state index contributed by atoms with van der Waals surface area (Å²) in [7, 11) is 0.